The Hall–Kier alpha value is -2.22. The number of carbonyl (C=O) groups is 2. The number of amides is 2. The first-order valence-corrected chi connectivity index (χ1v) is 4.76. The SMILES string of the molecule is NC(=O)CN(CC(N)=O)c1ncc(CO)cn1. The zero-order valence-electron chi connectivity index (χ0n) is 9.04. The van der Waals surface area contributed by atoms with Crippen molar-refractivity contribution >= 4 is 17.8 Å². The normalized spacial score (nSPS) is 9.94. The molecule has 5 N–H and O–H groups in total. The van der Waals surface area contributed by atoms with E-state index in [1.54, 1.807) is 0 Å². The van der Waals surface area contributed by atoms with Crippen molar-refractivity contribution in [1.82, 2.24) is 9.97 Å². The van der Waals surface area contributed by atoms with Crippen LogP contribution in [0.4, 0.5) is 5.95 Å². The summed E-state index contributed by atoms with van der Waals surface area (Å²) in [6.07, 6.45) is 2.77. The number of carbonyl (C=O) groups excluding carboxylic acids is 2. The van der Waals surface area contributed by atoms with E-state index in [1.165, 1.54) is 17.3 Å². The van der Waals surface area contributed by atoms with Crippen LogP contribution in [0.5, 0.6) is 0 Å². The molecule has 0 saturated carbocycles. The first-order chi connectivity index (χ1) is 8.02. The molecule has 0 aliphatic carbocycles. The average molecular weight is 239 g/mol. The van der Waals surface area contributed by atoms with Gasteiger partial charge < -0.3 is 21.5 Å². The molecule has 8 heteroatoms. The van der Waals surface area contributed by atoms with E-state index < -0.39 is 11.8 Å². The van der Waals surface area contributed by atoms with Crippen molar-refractivity contribution < 1.29 is 14.7 Å². The van der Waals surface area contributed by atoms with E-state index in [-0.39, 0.29) is 25.6 Å². The van der Waals surface area contributed by atoms with Crippen molar-refractivity contribution in [3.8, 4) is 0 Å². The molecule has 8 nitrogen and oxygen atoms in total. The second-order valence-electron chi connectivity index (χ2n) is 3.34. The Kier molecular flexibility index (Phi) is 4.35. The van der Waals surface area contributed by atoms with Gasteiger partial charge in [-0.25, -0.2) is 9.97 Å². The molecule has 1 heterocycles. The van der Waals surface area contributed by atoms with Crippen molar-refractivity contribution in [1.29, 1.82) is 0 Å². The third-order valence-corrected chi connectivity index (χ3v) is 1.85. The zero-order chi connectivity index (χ0) is 12.8. The Labute approximate surface area is 97.3 Å². The molecule has 0 radical (unpaired) electrons. The summed E-state index contributed by atoms with van der Waals surface area (Å²) >= 11 is 0. The minimum Gasteiger partial charge on any atom is -0.392 e. The summed E-state index contributed by atoms with van der Waals surface area (Å²) < 4.78 is 0. The van der Waals surface area contributed by atoms with Crippen LogP contribution in [0.25, 0.3) is 0 Å². The molecule has 1 rings (SSSR count). The van der Waals surface area contributed by atoms with Gasteiger partial charge in [0.2, 0.25) is 17.8 Å². The molecule has 0 atom stereocenters. The highest BCUT2D eigenvalue weighted by Gasteiger charge is 2.14. The van der Waals surface area contributed by atoms with Crippen LogP contribution >= 0.6 is 0 Å². The number of rotatable bonds is 6. The third kappa shape index (κ3) is 4.03. The van der Waals surface area contributed by atoms with Crippen LogP contribution in [-0.4, -0.2) is 40.0 Å². The molecule has 17 heavy (non-hydrogen) atoms. The number of primary amides is 2. The highest BCUT2D eigenvalue weighted by molar-refractivity contribution is 5.83. The van der Waals surface area contributed by atoms with Gasteiger partial charge in [-0.15, -0.1) is 0 Å². The number of nitrogens with zero attached hydrogens (tertiary/aromatic N) is 3. The topological polar surface area (TPSA) is 135 Å². The van der Waals surface area contributed by atoms with E-state index in [1.807, 2.05) is 0 Å². The van der Waals surface area contributed by atoms with Crippen LogP contribution < -0.4 is 16.4 Å². The number of aromatic nitrogens is 2. The number of nitrogens with two attached hydrogens (primary N) is 2. The predicted octanol–water partition coefficient (Wildman–Crippen LogP) is -2.25. The van der Waals surface area contributed by atoms with Crippen LogP contribution in [0, 0.1) is 0 Å². The lowest BCUT2D eigenvalue weighted by Crippen LogP contribution is -2.40. The van der Waals surface area contributed by atoms with Gasteiger partial charge >= 0.3 is 0 Å². The van der Waals surface area contributed by atoms with Gasteiger partial charge in [-0.2, -0.15) is 0 Å². The fourth-order valence-corrected chi connectivity index (χ4v) is 1.17. The van der Waals surface area contributed by atoms with E-state index in [4.69, 9.17) is 16.6 Å². The van der Waals surface area contributed by atoms with E-state index in [9.17, 15) is 9.59 Å². The number of hydrogen-bond acceptors (Lipinski definition) is 6. The predicted molar refractivity (Wildman–Crippen MR) is 58.6 cm³/mol. The molecule has 0 aromatic carbocycles. The fraction of sp³-hybridized carbons (Fsp3) is 0.333. The summed E-state index contributed by atoms with van der Waals surface area (Å²) in [4.78, 5) is 30.7. The molecule has 1 aromatic heterocycles. The van der Waals surface area contributed by atoms with Crippen molar-refractivity contribution in [2.45, 2.75) is 6.61 Å². The number of aliphatic hydroxyl groups excluding tert-OH is 1. The van der Waals surface area contributed by atoms with E-state index in [2.05, 4.69) is 9.97 Å². The van der Waals surface area contributed by atoms with Crippen molar-refractivity contribution in [2.24, 2.45) is 11.5 Å². The molecule has 92 valence electrons. The summed E-state index contributed by atoms with van der Waals surface area (Å²) in [6, 6.07) is 0. The first kappa shape index (κ1) is 12.8. The minimum atomic E-state index is -0.624. The maximum atomic E-state index is 10.8. The summed E-state index contributed by atoms with van der Waals surface area (Å²) in [5.74, 6) is -1.10. The average Bonchev–Trinajstić information content (AvgIpc) is 2.27. The largest absolute Gasteiger partial charge is 0.392 e. The van der Waals surface area contributed by atoms with Gasteiger partial charge in [-0.1, -0.05) is 0 Å². The Bertz CT molecular complexity index is 390. The monoisotopic (exact) mass is 239 g/mol. The summed E-state index contributed by atoms with van der Waals surface area (Å²) in [7, 11) is 0. The van der Waals surface area contributed by atoms with E-state index >= 15 is 0 Å². The fourth-order valence-electron chi connectivity index (χ4n) is 1.17. The smallest absolute Gasteiger partial charge is 0.237 e. The van der Waals surface area contributed by atoms with Gasteiger partial charge in [0.05, 0.1) is 6.61 Å². The molecule has 0 unspecified atom stereocenters. The van der Waals surface area contributed by atoms with Gasteiger partial charge in [0, 0.05) is 18.0 Å². The first-order valence-electron chi connectivity index (χ1n) is 4.76. The van der Waals surface area contributed by atoms with Crippen molar-refractivity contribution in [3.63, 3.8) is 0 Å². The van der Waals surface area contributed by atoms with Gasteiger partial charge in [-0.3, -0.25) is 9.59 Å². The summed E-state index contributed by atoms with van der Waals surface area (Å²) in [5, 5.41) is 8.82. The lowest BCUT2D eigenvalue weighted by molar-refractivity contribution is -0.117. The van der Waals surface area contributed by atoms with Gasteiger partial charge in [0.1, 0.15) is 13.1 Å². The van der Waals surface area contributed by atoms with Crippen LogP contribution in [0.15, 0.2) is 12.4 Å². The third-order valence-electron chi connectivity index (χ3n) is 1.85. The zero-order valence-corrected chi connectivity index (χ0v) is 9.04. The lowest BCUT2D eigenvalue weighted by Gasteiger charge is -2.18. The van der Waals surface area contributed by atoms with Gasteiger partial charge in [-0.05, 0) is 0 Å². The van der Waals surface area contributed by atoms with Crippen LogP contribution in [-0.2, 0) is 16.2 Å². The molecule has 0 saturated heterocycles. The molecule has 0 fully saturated rings. The second kappa shape index (κ2) is 5.75. The van der Waals surface area contributed by atoms with Gasteiger partial charge in [0.25, 0.3) is 0 Å². The Morgan fingerprint density at radius 1 is 1.18 bits per heavy atom. The Balaban J connectivity index is 2.86. The standard InChI is InChI=1S/C9H13N5O3/c10-7(16)3-14(4-8(11)17)9-12-1-6(5-15)2-13-9/h1-2,15H,3-5H2,(H2,10,16)(H2,11,17). The van der Waals surface area contributed by atoms with E-state index in [0.717, 1.165) is 0 Å². The maximum Gasteiger partial charge on any atom is 0.237 e. The molecule has 0 bridgehead atoms. The maximum absolute atomic E-state index is 10.8. The lowest BCUT2D eigenvalue weighted by atomic mass is 10.4. The highest BCUT2D eigenvalue weighted by Crippen LogP contribution is 2.06. The van der Waals surface area contributed by atoms with Crippen LogP contribution in [0.1, 0.15) is 5.56 Å². The number of anilines is 1. The second-order valence-corrected chi connectivity index (χ2v) is 3.34. The molecule has 0 spiro atoms. The molecule has 2 amide bonds. The molecular formula is C9H13N5O3. The number of hydrogen-bond donors (Lipinski definition) is 3. The molecule has 0 aliphatic heterocycles. The van der Waals surface area contributed by atoms with Crippen LogP contribution in [0.2, 0.25) is 0 Å². The molecule has 1 aromatic rings. The Morgan fingerprint density at radius 3 is 2.00 bits per heavy atom. The van der Waals surface area contributed by atoms with Crippen molar-refractivity contribution in [3.05, 3.63) is 18.0 Å². The Morgan fingerprint density at radius 2 is 1.65 bits per heavy atom. The van der Waals surface area contributed by atoms with E-state index in [0.29, 0.717) is 5.56 Å². The summed E-state index contributed by atoms with van der Waals surface area (Å²) in [6.45, 7) is -0.602. The summed E-state index contributed by atoms with van der Waals surface area (Å²) in [5.41, 5.74) is 10.6. The molecular weight excluding hydrogens is 226 g/mol. The highest BCUT2D eigenvalue weighted by atomic mass is 16.3. The molecule has 0 aliphatic rings. The quantitative estimate of drug-likeness (QED) is 0.513. The van der Waals surface area contributed by atoms with Crippen molar-refractivity contribution in [2.75, 3.05) is 18.0 Å². The van der Waals surface area contributed by atoms with Crippen LogP contribution in [0.3, 0.4) is 0 Å². The minimum absolute atomic E-state index is 0.153. The van der Waals surface area contributed by atoms with Gasteiger partial charge in [0.15, 0.2) is 0 Å². The number of aliphatic hydroxyl groups is 1.